The monoisotopic (exact) mass is 416 g/mol. The molecule has 3 aliphatic rings. The highest BCUT2D eigenvalue weighted by Gasteiger charge is 2.40. The van der Waals surface area contributed by atoms with E-state index in [4.69, 9.17) is 14.7 Å². The molecule has 0 radical (unpaired) electrons. The summed E-state index contributed by atoms with van der Waals surface area (Å²) in [6, 6.07) is 0.133. The molecular formula is C22H29FN4OS. The Hall–Kier alpha value is -1.73. The van der Waals surface area contributed by atoms with E-state index in [1.54, 1.807) is 11.8 Å². The molecule has 4 rings (SSSR count). The number of rotatable bonds is 5. The number of halogens is 1. The summed E-state index contributed by atoms with van der Waals surface area (Å²) in [4.78, 5) is 16.6. The molecule has 2 fully saturated rings. The fraction of sp³-hybridized carbons (Fsp3) is 0.591. The SMILES string of the molecule is C/C=C1\C(=NC(C)CC)C=C(F)c2nc(SCC)nc(N3CC4COCC4C3)c21. The zero-order valence-corrected chi connectivity index (χ0v) is 18.4. The summed E-state index contributed by atoms with van der Waals surface area (Å²) in [6.07, 6.45) is 4.46. The molecule has 1 aliphatic carbocycles. The van der Waals surface area contributed by atoms with Crippen LogP contribution in [0.4, 0.5) is 10.2 Å². The molecule has 0 N–H and O–H groups in total. The van der Waals surface area contributed by atoms with E-state index < -0.39 is 0 Å². The van der Waals surface area contributed by atoms with Crippen molar-refractivity contribution < 1.29 is 9.13 Å². The van der Waals surface area contributed by atoms with Crippen LogP contribution in [0.5, 0.6) is 0 Å². The number of anilines is 1. The Labute approximate surface area is 176 Å². The van der Waals surface area contributed by atoms with E-state index >= 15 is 4.39 Å². The van der Waals surface area contributed by atoms with Gasteiger partial charge < -0.3 is 9.64 Å². The van der Waals surface area contributed by atoms with Crippen LogP contribution in [0.15, 0.2) is 22.3 Å². The van der Waals surface area contributed by atoms with Gasteiger partial charge in [-0.15, -0.1) is 0 Å². The molecule has 5 nitrogen and oxygen atoms in total. The van der Waals surface area contributed by atoms with Gasteiger partial charge in [-0.05, 0) is 26.0 Å². The van der Waals surface area contributed by atoms with Crippen molar-refractivity contribution in [3.63, 3.8) is 0 Å². The molecule has 0 bridgehead atoms. The van der Waals surface area contributed by atoms with E-state index in [1.807, 2.05) is 13.0 Å². The zero-order chi connectivity index (χ0) is 20.5. The van der Waals surface area contributed by atoms with Gasteiger partial charge in [-0.2, -0.15) is 0 Å². The first kappa shape index (κ1) is 20.5. The molecule has 2 aliphatic heterocycles. The number of thioether (sulfide) groups is 1. The highest BCUT2D eigenvalue weighted by molar-refractivity contribution is 7.99. The van der Waals surface area contributed by atoms with E-state index in [-0.39, 0.29) is 11.9 Å². The summed E-state index contributed by atoms with van der Waals surface area (Å²) in [6.45, 7) is 11.6. The molecule has 0 spiro atoms. The van der Waals surface area contributed by atoms with Crippen LogP contribution in [-0.2, 0) is 4.74 Å². The Morgan fingerprint density at radius 3 is 2.66 bits per heavy atom. The summed E-state index contributed by atoms with van der Waals surface area (Å²) in [5.41, 5.74) is 2.81. The molecule has 3 atom stereocenters. The lowest BCUT2D eigenvalue weighted by Crippen LogP contribution is -2.27. The van der Waals surface area contributed by atoms with Gasteiger partial charge in [0.05, 0.1) is 24.5 Å². The minimum atomic E-state index is -0.322. The maximum Gasteiger partial charge on any atom is 0.190 e. The van der Waals surface area contributed by atoms with Gasteiger partial charge in [0.25, 0.3) is 0 Å². The van der Waals surface area contributed by atoms with Crippen molar-refractivity contribution in [1.29, 1.82) is 0 Å². The van der Waals surface area contributed by atoms with Gasteiger partial charge in [0.2, 0.25) is 0 Å². The minimum Gasteiger partial charge on any atom is -0.381 e. The molecule has 1 aromatic heterocycles. The predicted molar refractivity (Wildman–Crippen MR) is 118 cm³/mol. The van der Waals surface area contributed by atoms with Gasteiger partial charge in [-0.25, -0.2) is 14.4 Å². The maximum atomic E-state index is 15.2. The number of hydrogen-bond acceptors (Lipinski definition) is 6. The van der Waals surface area contributed by atoms with Crippen molar-refractivity contribution in [2.75, 3.05) is 37.0 Å². The predicted octanol–water partition coefficient (Wildman–Crippen LogP) is 4.64. The quantitative estimate of drug-likeness (QED) is 0.517. The second-order valence-electron chi connectivity index (χ2n) is 7.92. The lowest BCUT2D eigenvalue weighted by Gasteiger charge is -2.27. The van der Waals surface area contributed by atoms with Crippen LogP contribution in [0.3, 0.4) is 0 Å². The first-order valence-corrected chi connectivity index (χ1v) is 11.5. The van der Waals surface area contributed by atoms with Crippen LogP contribution in [0.2, 0.25) is 0 Å². The van der Waals surface area contributed by atoms with Gasteiger partial charge in [0, 0.05) is 42.6 Å². The molecule has 3 unspecified atom stereocenters. The molecular weight excluding hydrogens is 387 g/mol. The summed E-state index contributed by atoms with van der Waals surface area (Å²) in [7, 11) is 0. The molecule has 29 heavy (non-hydrogen) atoms. The summed E-state index contributed by atoms with van der Waals surface area (Å²) >= 11 is 1.55. The summed E-state index contributed by atoms with van der Waals surface area (Å²) in [5.74, 6) is 2.41. The Morgan fingerprint density at radius 1 is 1.31 bits per heavy atom. The summed E-state index contributed by atoms with van der Waals surface area (Å²) in [5, 5.41) is 0.635. The summed E-state index contributed by atoms with van der Waals surface area (Å²) < 4.78 is 20.9. The molecule has 0 aromatic carbocycles. The average molecular weight is 417 g/mol. The fourth-order valence-corrected chi connectivity index (χ4v) is 4.82. The van der Waals surface area contributed by atoms with Crippen molar-refractivity contribution in [3.8, 4) is 0 Å². The fourth-order valence-electron chi connectivity index (χ4n) is 4.25. The molecule has 7 heteroatoms. The standard InChI is InChI=1S/C22H29FN4OS/c1-5-13(4)24-18-8-17(23)20-19(16(18)6-2)21(26-22(25-20)29-7-3)27-9-14-11-28-12-15(14)10-27/h6,8,13-15H,5,7,9-12H2,1-4H3/b16-6+,24-18?. The molecule has 156 valence electrons. The molecule has 0 amide bonds. The molecule has 1 aromatic rings. The van der Waals surface area contributed by atoms with Gasteiger partial charge in [0.15, 0.2) is 11.0 Å². The minimum absolute atomic E-state index is 0.133. The number of nitrogens with zero attached hydrogens (tertiary/aromatic N) is 4. The molecule has 2 saturated heterocycles. The highest BCUT2D eigenvalue weighted by atomic mass is 32.2. The third-order valence-electron chi connectivity index (χ3n) is 5.96. The zero-order valence-electron chi connectivity index (χ0n) is 17.6. The molecule has 3 heterocycles. The third-order valence-corrected chi connectivity index (χ3v) is 6.69. The Balaban J connectivity index is 1.84. The first-order valence-electron chi connectivity index (χ1n) is 10.6. The van der Waals surface area contributed by atoms with Crippen molar-refractivity contribution in [1.82, 2.24) is 9.97 Å². The van der Waals surface area contributed by atoms with Crippen LogP contribution in [0.1, 0.15) is 45.4 Å². The van der Waals surface area contributed by atoms with Crippen molar-refractivity contribution in [2.24, 2.45) is 16.8 Å². The van der Waals surface area contributed by atoms with Crippen LogP contribution < -0.4 is 4.90 Å². The second-order valence-corrected chi connectivity index (χ2v) is 9.15. The van der Waals surface area contributed by atoms with E-state index in [0.717, 1.165) is 55.4 Å². The molecule has 0 saturated carbocycles. The van der Waals surface area contributed by atoms with E-state index in [0.29, 0.717) is 28.4 Å². The van der Waals surface area contributed by atoms with Crippen molar-refractivity contribution in [3.05, 3.63) is 23.4 Å². The van der Waals surface area contributed by atoms with Crippen LogP contribution in [0.25, 0.3) is 11.4 Å². The van der Waals surface area contributed by atoms with Crippen molar-refractivity contribution >= 4 is 34.7 Å². The number of hydrogen-bond donors (Lipinski definition) is 0. The van der Waals surface area contributed by atoms with E-state index in [9.17, 15) is 0 Å². The largest absolute Gasteiger partial charge is 0.381 e. The number of aliphatic imine (C=N–C) groups is 1. The lowest BCUT2D eigenvalue weighted by molar-refractivity contribution is 0.177. The van der Waals surface area contributed by atoms with E-state index in [1.165, 1.54) is 6.08 Å². The van der Waals surface area contributed by atoms with Gasteiger partial charge in [0.1, 0.15) is 11.5 Å². The average Bonchev–Trinajstić information content (AvgIpc) is 3.30. The highest BCUT2D eigenvalue weighted by Crippen LogP contribution is 2.42. The normalized spacial score (nSPS) is 27.3. The first-order chi connectivity index (χ1) is 14.0. The lowest BCUT2D eigenvalue weighted by atomic mass is 9.92. The van der Waals surface area contributed by atoms with Gasteiger partial charge in [-0.1, -0.05) is 31.7 Å². The second kappa shape index (κ2) is 8.56. The van der Waals surface area contributed by atoms with Crippen LogP contribution in [0, 0.1) is 11.8 Å². The number of aromatic nitrogens is 2. The third kappa shape index (κ3) is 3.87. The maximum absolute atomic E-state index is 15.2. The number of ether oxygens (including phenoxy) is 1. The van der Waals surface area contributed by atoms with E-state index in [2.05, 4.69) is 30.7 Å². The Kier molecular flexibility index (Phi) is 6.06. The Morgan fingerprint density at radius 2 is 2.03 bits per heavy atom. The van der Waals surface area contributed by atoms with Gasteiger partial charge >= 0.3 is 0 Å². The van der Waals surface area contributed by atoms with Gasteiger partial charge in [-0.3, -0.25) is 4.99 Å². The van der Waals surface area contributed by atoms with Crippen LogP contribution >= 0.6 is 11.8 Å². The topological polar surface area (TPSA) is 50.6 Å². The van der Waals surface area contributed by atoms with Crippen LogP contribution in [-0.4, -0.2) is 53.8 Å². The van der Waals surface area contributed by atoms with Crippen molar-refractivity contribution in [2.45, 2.75) is 45.3 Å². The number of allylic oxidation sites excluding steroid dienone is 3. The smallest absolute Gasteiger partial charge is 0.190 e. The Bertz CT molecular complexity index is 870. The number of fused-ring (bicyclic) bond motifs is 2.